The molecule has 1 N–H and O–H groups in total. The van der Waals surface area contributed by atoms with Crippen molar-refractivity contribution in [1.29, 1.82) is 0 Å². The molecule has 1 atom stereocenters. The molecule has 1 aromatic heterocycles. The zero-order valence-corrected chi connectivity index (χ0v) is 12.8. The molecular formula is C18H25N3. The van der Waals surface area contributed by atoms with E-state index in [0.29, 0.717) is 6.04 Å². The molecule has 1 aliphatic carbocycles. The van der Waals surface area contributed by atoms with Gasteiger partial charge in [0.05, 0.1) is 0 Å². The summed E-state index contributed by atoms with van der Waals surface area (Å²) in [7, 11) is 0. The molecule has 1 aliphatic rings. The molecule has 3 heteroatoms. The van der Waals surface area contributed by atoms with Gasteiger partial charge in [-0.3, -0.25) is 0 Å². The summed E-state index contributed by atoms with van der Waals surface area (Å²) in [6.45, 7) is 4.26. The molecule has 0 saturated heterocycles. The van der Waals surface area contributed by atoms with Gasteiger partial charge in [0, 0.05) is 30.5 Å². The van der Waals surface area contributed by atoms with E-state index in [-0.39, 0.29) is 0 Å². The summed E-state index contributed by atoms with van der Waals surface area (Å²) in [5.41, 5.74) is 1.20. The van der Waals surface area contributed by atoms with Crippen molar-refractivity contribution in [2.45, 2.75) is 45.2 Å². The largest absolute Gasteiger partial charge is 0.329 e. The minimum absolute atomic E-state index is 0.564. The lowest BCUT2D eigenvalue weighted by Gasteiger charge is -2.25. The number of imidazole rings is 1. The van der Waals surface area contributed by atoms with Gasteiger partial charge in [0.2, 0.25) is 0 Å². The Kier molecular flexibility index (Phi) is 4.71. The Hall–Kier alpha value is -1.61. The maximum atomic E-state index is 4.56. The molecule has 1 aromatic carbocycles. The number of benzene rings is 1. The van der Waals surface area contributed by atoms with Crippen LogP contribution in [0.25, 0.3) is 11.4 Å². The Morgan fingerprint density at radius 1 is 1.24 bits per heavy atom. The lowest BCUT2D eigenvalue weighted by Crippen LogP contribution is -2.38. The molecule has 1 heterocycles. The first-order valence-corrected chi connectivity index (χ1v) is 8.18. The number of aromatic nitrogens is 2. The van der Waals surface area contributed by atoms with Crippen LogP contribution in [-0.4, -0.2) is 22.1 Å². The first-order valence-electron chi connectivity index (χ1n) is 8.18. The van der Waals surface area contributed by atoms with Gasteiger partial charge >= 0.3 is 0 Å². The van der Waals surface area contributed by atoms with E-state index >= 15 is 0 Å². The number of nitrogens with zero attached hydrogens (tertiary/aromatic N) is 2. The lowest BCUT2D eigenvalue weighted by molar-refractivity contribution is 0.328. The summed E-state index contributed by atoms with van der Waals surface area (Å²) in [6, 6.07) is 11.0. The van der Waals surface area contributed by atoms with Gasteiger partial charge in [0.15, 0.2) is 0 Å². The zero-order chi connectivity index (χ0) is 14.5. The summed E-state index contributed by atoms with van der Waals surface area (Å²) in [6.07, 6.45) is 9.55. The van der Waals surface area contributed by atoms with Crippen molar-refractivity contribution in [3.05, 3.63) is 42.7 Å². The van der Waals surface area contributed by atoms with Crippen molar-refractivity contribution in [2.75, 3.05) is 6.54 Å². The van der Waals surface area contributed by atoms with E-state index in [9.17, 15) is 0 Å². The molecule has 0 aliphatic heterocycles. The van der Waals surface area contributed by atoms with Crippen LogP contribution in [0.15, 0.2) is 42.7 Å². The second-order valence-electron chi connectivity index (χ2n) is 5.98. The molecule has 2 aromatic rings. The van der Waals surface area contributed by atoms with Crippen LogP contribution < -0.4 is 5.32 Å². The molecule has 1 saturated carbocycles. The number of rotatable bonds is 6. The molecule has 0 spiro atoms. The highest BCUT2D eigenvalue weighted by Gasteiger charge is 2.25. The third kappa shape index (κ3) is 3.35. The Balaban J connectivity index is 1.78. The van der Waals surface area contributed by atoms with Gasteiger partial charge in [-0.25, -0.2) is 4.98 Å². The van der Waals surface area contributed by atoms with Crippen LogP contribution in [0, 0.1) is 5.92 Å². The second-order valence-corrected chi connectivity index (χ2v) is 5.98. The molecule has 1 unspecified atom stereocenters. The van der Waals surface area contributed by atoms with Crippen molar-refractivity contribution in [1.82, 2.24) is 14.9 Å². The smallest absolute Gasteiger partial charge is 0.139 e. The van der Waals surface area contributed by atoms with Crippen LogP contribution in [0.5, 0.6) is 0 Å². The molecular weight excluding hydrogens is 258 g/mol. The summed E-state index contributed by atoms with van der Waals surface area (Å²) in [5, 5.41) is 3.69. The highest BCUT2D eigenvalue weighted by molar-refractivity contribution is 5.55. The Morgan fingerprint density at radius 3 is 2.71 bits per heavy atom. The van der Waals surface area contributed by atoms with Gasteiger partial charge < -0.3 is 9.88 Å². The fraction of sp³-hybridized carbons (Fsp3) is 0.500. The van der Waals surface area contributed by atoms with E-state index in [2.05, 4.69) is 58.3 Å². The number of hydrogen-bond acceptors (Lipinski definition) is 2. The van der Waals surface area contributed by atoms with Crippen molar-refractivity contribution in [2.24, 2.45) is 5.92 Å². The molecule has 0 radical (unpaired) electrons. The van der Waals surface area contributed by atoms with E-state index in [1.807, 2.05) is 6.20 Å². The lowest BCUT2D eigenvalue weighted by atomic mass is 9.98. The third-order valence-corrected chi connectivity index (χ3v) is 4.58. The molecule has 3 rings (SSSR count). The van der Waals surface area contributed by atoms with Gasteiger partial charge in [-0.2, -0.15) is 0 Å². The second kappa shape index (κ2) is 6.90. The minimum Gasteiger partial charge on any atom is -0.329 e. The molecule has 0 bridgehead atoms. The SMILES string of the molecule is CCNC(Cn1ccnc1-c1ccccc1)C1CCCC1. The van der Waals surface area contributed by atoms with Gasteiger partial charge in [-0.05, 0) is 25.3 Å². The van der Waals surface area contributed by atoms with Crippen molar-refractivity contribution in [3.8, 4) is 11.4 Å². The minimum atomic E-state index is 0.564. The van der Waals surface area contributed by atoms with Crippen molar-refractivity contribution >= 4 is 0 Å². The van der Waals surface area contributed by atoms with Gasteiger partial charge in [-0.1, -0.05) is 50.1 Å². The number of hydrogen-bond donors (Lipinski definition) is 1. The van der Waals surface area contributed by atoms with E-state index in [0.717, 1.165) is 24.8 Å². The number of nitrogens with one attached hydrogen (secondary N) is 1. The van der Waals surface area contributed by atoms with Crippen molar-refractivity contribution in [3.63, 3.8) is 0 Å². The standard InChI is InChI=1S/C18H25N3/c1-2-19-17(15-8-6-7-9-15)14-21-13-12-20-18(21)16-10-4-3-5-11-16/h3-5,10-13,15,17,19H,2,6-9,14H2,1H3. The zero-order valence-electron chi connectivity index (χ0n) is 12.8. The molecule has 1 fully saturated rings. The van der Waals surface area contributed by atoms with E-state index < -0.39 is 0 Å². The Labute approximate surface area is 127 Å². The Morgan fingerprint density at radius 2 is 2.00 bits per heavy atom. The molecule has 112 valence electrons. The van der Waals surface area contributed by atoms with E-state index in [1.54, 1.807) is 0 Å². The summed E-state index contributed by atoms with van der Waals surface area (Å²) in [5.74, 6) is 1.90. The van der Waals surface area contributed by atoms with Gasteiger partial charge in [0.1, 0.15) is 5.82 Å². The van der Waals surface area contributed by atoms with Crippen LogP contribution in [0.1, 0.15) is 32.6 Å². The predicted octanol–water partition coefficient (Wildman–Crippen LogP) is 3.72. The monoisotopic (exact) mass is 283 g/mol. The molecule has 21 heavy (non-hydrogen) atoms. The normalized spacial score (nSPS) is 17.2. The van der Waals surface area contributed by atoms with Gasteiger partial charge in [-0.15, -0.1) is 0 Å². The van der Waals surface area contributed by atoms with Crippen LogP contribution in [-0.2, 0) is 6.54 Å². The first-order chi connectivity index (χ1) is 10.4. The fourth-order valence-corrected chi connectivity index (χ4v) is 3.52. The van der Waals surface area contributed by atoms with Gasteiger partial charge in [0.25, 0.3) is 0 Å². The van der Waals surface area contributed by atoms with E-state index in [4.69, 9.17) is 0 Å². The summed E-state index contributed by atoms with van der Waals surface area (Å²) in [4.78, 5) is 4.56. The quantitative estimate of drug-likeness (QED) is 0.875. The predicted molar refractivity (Wildman–Crippen MR) is 87.1 cm³/mol. The van der Waals surface area contributed by atoms with Crippen LogP contribution in [0.2, 0.25) is 0 Å². The maximum absolute atomic E-state index is 4.56. The maximum Gasteiger partial charge on any atom is 0.139 e. The number of likely N-dealkylation sites (N-methyl/N-ethyl adjacent to an activating group) is 1. The molecule has 3 nitrogen and oxygen atoms in total. The molecule has 0 amide bonds. The third-order valence-electron chi connectivity index (χ3n) is 4.58. The summed E-state index contributed by atoms with van der Waals surface area (Å²) < 4.78 is 2.31. The highest BCUT2D eigenvalue weighted by Crippen LogP contribution is 2.29. The Bertz CT molecular complexity index is 541. The van der Waals surface area contributed by atoms with Crippen LogP contribution >= 0.6 is 0 Å². The fourth-order valence-electron chi connectivity index (χ4n) is 3.52. The van der Waals surface area contributed by atoms with E-state index in [1.165, 1.54) is 31.2 Å². The highest BCUT2D eigenvalue weighted by atomic mass is 15.1. The average Bonchev–Trinajstić information content (AvgIpc) is 3.19. The van der Waals surface area contributed by atoms with Crippen LogP contribution in [0.4, 0.5) is 0 Å². The topological polar surface area (TPSA) is 29.9 Å². The van der Waals surface area contributed by atoms with Crippen LogP contribution in [0.3, 0.4) is 0 Å². The van der Waals surface area contributed by atoms with Crippen molar-refractivity contribution < 1.29 is 0 Å². The average molecular weight is 283 g/mol. The summed E-state index contributed by atoms with van der Waals surface area (Å²) >= 11 is 0. The first kappa shape index (κ1) is 14.3.